The summed E-state index contributed by atoms with van der Waals surface area (Å²) in [6, 6.07) is 7.53. The summed E-state index contributed by atoms with van der Waals surface area (Å²) in [5.74, 6) is 7.09. The SMILES string of the molecule is CCN(N)/N=C(\N)c1ccc(OCCCCCN2CCN(c3ccnc(N)c3)S2)nc1. The number of hydrogen-bond acceptors (Lipinski definition) is 10. The second kappa shape index (κ2) is 11.6. The Hall–Kier alpha value is -2.76. The van der Waals surface area contributed by atoms with Gasteiger partial charge in [-0.1, -0.05) is 0 Å². The lowest BCUT2D eigenvalue weighted by molar-refractivity contribution is 0.292. The van der Waals surface area contributed by atoms with Crippen LogP contribution in [0.15, 0.2) is 41.8 Å². The fourth-order valence-electron chi connectivity index (χ4n) is 2.97. The Bertz CT molecular complexity index is 849. The third kappa shape index (κ3) is 7.16. The van der Waals surface area contributed by atoms with Gasteiger partial charge in [0.25, 0.3) is 0 Å². The van der Waals surface area contributed by atoms with Crippen LogP contribution in [0.4, 0.5) is 11.5 Å². The van der Waals surface area contributed by atoms with E-state index in [9.17, 15) is 0 Å². The van der Waals surface area contributed by atoms with Gasteiger partial charge in [-0.25, -0.2) is 25.2 Å². The summed E-state index contributed by atoms with van der Waals surface area (Å²) in [4.78, 5) is 8.33. The van der Waals surface area contributed by atoms with Crippen LogP contribution in [-0.2, 0) is 0 Å². The van der Waals surface area contributed by atoms with Crippen LogP contribution < -0.4 is 26.4 Å². The molecule has 1 saturated heterocycles. The van der Waals surface area contributed by atoms with Crippen LogP contribution in [0.3, 0.4) is 0 Å². The molecule has 10 nitrogen and oxygen atoms in total. The van der Waals surface area contributed by atoms with Crippen LogP contribution in [0.5, 0.6) is 5.88 Å². The highest BCUT2D eigenvalue weighted by molar-refractivity contribution is 7.98. The molecule has 0 amide bonds. The van der Waals surface area contributed by atoms with Crippen molar-refractivity contribution < 1.29 is 4.74 Å². The van der Waals surface area contributed by atoms with E-state index in [0.717, 1.165) is 44.6 Å². The van der Waals surface area contributed by atoms with E-state index < -0.39 is 0 Å². The number of pyridine rings is 2. The van der Waals surface area contributed by atoms with E-state index >= 15 is 0 Å². The van der Waals surface area contributed by atoms with Crippen molar-refractivity contribution >= 4 is 29.5 Å². The van der Waals surface area contributed by atoms with Crippen LogP contribution in [-0.4, -0.2) is 58.0 Å². The first-order valence-electron chi connectivity index (χ1n) is 10.4. The molecule has 0 saturated carbocycles. The minimum atomic E-state index is 0.328. The van der Waals surface area contributed by atoms with Crippen LogP contribution in [0.25, 0.3) is 0 Å². The summed E-state index contributed by atoms with van der Waals surface area (Å²) >= 11 is 1.75. The number of hydrazone groups is 1. The number of nitrogens with zero attached hydrogens (tertiary/aromatic N) is 6. The number of aromatic nitrogens is 2. The first kappa shape index (κ1) is 22.9. The molecule has 1 aliphatic rings. The molecule has 11 heteroatoms. The Morgan fingerprint density at radius 2 is 2.10 bits per heavy atom. The molecule has 31 heavy (non-hydrogen) atoms. The molecule has 6 N–H and O–H groups in total. The average Bonchev–Trinajstić information content (AvgIpc) is 3.25. The summed E-state index contributed by atoms with van der Waals surface area (Å²) in [7, 11) is 0. The van der Waals surface area contributed by atoms with E-state index in [-0.39, 0.29) is 0 Å². The molecular formula is C20H31N9OS. The molecule has 0 bridgehead atoms. The molecule has 3 rings (SSSR count). The van der Waals surface area contributed by atoms with Gasteiger partial charge in [-0.05, 0) is 38.3 Å². The number of amidine groups is 1. The van der Waals surface area contributed by atoms with E-state index in [4.69, 9.17) is 22.0 Å². The number of unbranched alkanes of at least 4 members (excludes halogenated alkanes) is 2. The van der Waals surface area contributed by atoms with Gasteiger partial charge in [0.15, 0.2) is 5.84 Å². The van der Waals surface area contributed by atoms with Crippen LogP contribution in [0.1, 0.15) is 31.7 Å². The highest BCUT2D eigenvalue weighted by atomic mass is 32.2. The molecule has 0 spiro atoms. The second-order valence-electron chi connectivity index (χ2n) is 7.09. The van der Waals surface area contributed by atoms with E-state index in [1.54, 1.807) is 30.6 Å². The first-order chi connectivity index (χ1) is 15.0. The van der Waals surface area contributed by atoms with E-state index in [1.165, 1.54) is 5.12 Å². The smallest absolute Gasteiger partial charge is 0.213 e. The number of ether oxygens (including phenoxy) is 1. The predicted octanol–water partition coefficient (Wildman–Crippen LogP) is 1.81. The number of nitrogens with two attached hydrogens (primary N) is 3. The van der Waals surface area contributed by atoms with Gasteiger partial charge in [-0.3, -0.25) is 0 Å². The number of rotatable bonds is 11. The minimum absolute atomic E-state index is 0.328. The third-order valence-corrected chi connectivity index (χ3v) is 5.90. The molecule has 0 aliphatic carbocycles. The second-order valence-corrected chi connectivity index (χ2v) is 8.21. The Kier molecular flexibility index (Phi) is 8.56. The lowest BCUT2D eigenvalue weighted by atomic mass is 10.2. The summed E-state index contributed by atoms with van der Waals surface area (Å²) in [5.41, 5.74) is 13.5. The van der Waals surface area contributed by atoms with E-state index in [0.29, 0.717) is 36.2 Å². The number of anilines is 2. The molecule has 0 unspecified atom stereocenters. The number of nitrogen functional groups attached to an aromatic ring is 1. The Balaban J connectivity index is 1.30. The average molecular weight is 446 g/mol. The lowest BCUT2D eigenvalue weighted by Gasteiger charge is -2.17. The zero-order valence-electron chi connectivity index (χ0n) is 17.9. The standard InChI is InChI=1S/C20H31N9OS/c1-2-29(23)26-20(22)16-6-7-19(25-15-16)30-13-5-3-4-10-27-11-12-28(31-27)17-8-9-24-18(21)14-17/h6-9,14-15H,2-5,10-13,23H2,1H3,(H2,21,24)(H2,22,26). The maximum atomic E-state index is 5.91. The predicted molar refractivity (Wildman–Crippen MR) is 126 cm³/mol. The fraction of sp³-hybridized carbons (Fsp3) is 0.450. The summed E-state index contributed by atoms with van der Waals surface area (Å²) in [5, 5.41) is 5.34. The van der Waals surface area contributed by atoms with Crippen molar-refractivity contribution in [2.24, 2.45) is 16.7 Å². The van der Waals surface area contributed by atoms with Gasteiger partial charge in [0.05, 0.1) is 18.8 Å². The molecule has 3 heterocycles. The summed E-state index contributed by atoms with van der Waals surface area (Å²) < 4.78 is 10.4. The largest absolute Gasteiger partial charge is 0.478 e. The van der Waals surface area contributed by atoms with E-state index in [1.807, 2.05) is 25.1 Å². The molecule has 0 aromatic carbocycles. The normalized spacial score (nSPS) is 14.8. The molecular weight excluding hydrogens is 414 g/mol. The molecule has 1 fully saturated rings. The zero-order valence-corrected chi connectivity index (χ0v) is 18.7. The summed E-state index contributed by atoms with van der Waals surface area (Å²) in [6.45, 7) is 6.16. The van der Waals surface area contributed by atoms with Crippen molar-refractivity contribution in [1.82, 2.24) is 19.4 Å². The molecule has 2 aromatic heterocycles. The van der Waals surface area contributed by atoms with Gasteiger partial charge in [0.1, 0.15) is 5.82 Å². The Labute approximate surface area is 187 Å². The third-order valence-electron chi connectivity index (χ3n) is 4.71. The summed E-state index contributed by atoms with van der Waals surface area (Å²) in [6.07, 6.45) is 6.59. The monoisotopic (exact) mass is 445 g/mol. The van der Waals surface area contributed by atoms with Crippen molar-refractivity contribution in [3.05, 3.63) is 42.2 Å². The van der Waals surface area contributed by atoms with Crippen LogP contribution >= 0.6 is 12.1 Å². The molecule has 168 valence electrons. The fourth-order valence-corrected chi connectivity index (χ4v) is 4.00. The van der Waals surface area contributed by atoms with Crippen molar-refractivity contribution in [3.63, 3.8) is 0 Å². The highest BCUT2D eigenvalue weighted by Crippen LogP contribution is 2.30. The Morgan fingerprint density at radius 3 is 2.84 bits per heavy atom. The molecule has 0 atom stereocenters. The van der Waals surface area contributed by atoms with Gasteiger partial charge in [0.2, 0.25) is 5.88 Å². The topological polar surface area (TPSA) is 135 Å². The van der Waals surface area contributed by atoms with Gasteiger partial charge in [0, 0.05) is 61.9 Å². The van der Waals surface area contributed by atoms with Gasteiger partial charge < -0.3 is 20.5 Å². The molecule has 1 aliphatic heterocycles. The molecule has 2 aromatic rings. The van der Waals surface area contributed by atoms with Gasteiger partial charge >= 0.3 is 0 Å². The number of hydrazine groups is 1. The van der Waals surface area contributed by atoms with Crippen molar-refractivity contribution in [2.75, 3.05) is 42.8 Å². The lowest BCUT2D eigenvalue weighted by Crippen LogP contribution is -2.29. The maximum Gasteiger partial charge on any atom is 0.213 e. The Morgan fingerprint density at radius 1 is 1.23 bits per heavy atom. The molecule has 0 radical (unpaired) electrons. The van der Waals surface area contributed by atoms with Crippen molar-refractivity contribution in [1.29, 1.82) is 0 Å². The first-order valence-corrected chi connectivity index (χ1v) is 11.2. The number of hydrogen-bond donors (Lipinski definition) is 3. The van der Waals surface area contributed by atoms with Crippen molar-refractivity contribution in [3.8, 4) is 5.88 Å². The van der Waals surface area contributed by atoms with Gasteiger partial charge in [-0.15, -0.1) is 5.10 Å². The highest BCUT2D eigenvalue weighted by Gasteiger charge is 2.21. The van der Waals surface area contributed by atoms with Crippen LogP contribution in [0.2, 0.25) is 0 Å². The van der Waals surface area contributed by atoms with Gasteiger partial charge in [-0.2, -0.15) is 0 Å². The van der Waals surface area contributed by atoms with Crippen molar-refractivity contribution in [2.45, 2.75) is 26.2 Å². The quantitative estimate of drug-likeness (QED) is 0.117. The minimum Gasteiger partial charge on any atom is -0.478 e. The maximum absolute atomic E-state index is 5.91. The van der Waals surface area contributed by atoms with Crippen LogP contribution in [0, 0.1) is 0 Å². The zero-order chi connectivity index (χ0) is 22.1. The van der Waals surface area contributed by atoms with E-state index in [2.05, 4.69) is 23.7 Å².